The van der Waals surface area contributed by atoms with Gasteiger partial charge < -0.3 is 5.11 Å². The Morgan fingerprint density at radius 3 is 2.79 bits per heavy atom. The van der Waals surface area contributed by atoms with Crippen molar-refractivity contribution in [2.75, 3.05) is 0 Å². The van der Waals surface area contributed by atoms with Gasteiger partial charge in [-0.3, -0.25) is 0 Å². The Morgan fingerprint density at radius 2 is 2.21 bits per heavy atom. The molecule has 0 bridgehead atoms. The number of aliphatic hydroxyl groups is 1. The van der Waals surface area contributed by atoms with Gasteiger partial charge >= 0.3 is 0 Å². The number of halogens is 2. The Bertz CT molecular complexity index is 299. The highest BCUT2D eigenvalue weighted by atomic mass is 35.5. The second kappa shape index (κ2) is 5.32. The normalized spacial score (nSPS) is 12.9. The summed E-state index contributed by atoms with van der Waals surface area (Å²) in [5.74, 6) is -0.374. The maximum atomic E-state index is 13.0. The average molecular weight is 217 g/mol. The van der Waals surface area contributed by atoms with E-state index in [1.54, 1.807) is 13.0 Å². The molecule has 0 saturated heterocycles. The Morgan fingerprint density at radius 1 is 1.50 bits per heavy atom. The van der Waals surface area contributed by atoms with Crippen molar-refractivity contribution in [3.8, 4) is 0 Å². The Hall–Kier alpha value is -0.600. The van der Waals surface area contributed by atoms with Crippen molar-refractivity contribution < 1.29 is 9.50 Å². The number of aliphatic hydroxyl groups excluding tert-OH is 1. The van der Waals surface area contributed by atoms with E-state index in [1.165, 1.54) is 6.07 Å². The van der Waals surface area contributed by atoms with Crippen molar-refractivity contribution in [1.29, 1.82) is 0 Å². The predicted molar refractivity (Wildman–Crippen MR) is 56.0 cm³/mol. The van der Waals surface area contributed by atoms with Crippen LogP contribution >= 0.6 is 11.6 Å². The van der Waals surface area contributed by atoms with E-state index in [0.29, 0.717) is 0 Å². The van der Waals surface area contributed by atoms with Gasteiger partial charge in [-0.15, -0.1) is 0 Å². The van der Waals surface area contributed by atoms with Crippen LogP contribution in [0.3, 0.4) is 0 Å². The molecule has 0 saturated carbocycles. The molecule has 0 heterocycles. The summed E-state index contributed by atoms with van der Waals surface area (Å²) in [5.41, 5.74) is 0.924. The van der Waals surface area contributed by atoms with Gasteiger partial charge in [0.25, 0.3) is 0 Å². The van der Waals surface area contributed by atoms with E-state index in [4.69, 9.17) is 16.7 Å². The first kappa shape index (κ1) is 11.5. The van der Waals surface area contributed by atoms with Gasteiger partial charge in [-0.2, -0.15) is 0 Å². The third kappa shape index (κ3) is 3.64. The first-order valence-corrected chi connectivity index (χ1v) is 5.09. The second-order valence-corrected chi connectivity index (χ2v) is 3.90. The quantitative estimate of drug-likeness (QED) is 0.820. The molecule has 14 heavy (non-hydrogen) atoms. The first-order valence-electron chi connectivity index (χ1n) is 4.71. The van der Waals surface area contributed by atoms with Crippen LogP contribution in [0.15, 0.2) is 18.2 Å². The maximum absolute atomic E-state index is 13.0. The molecule has 0 aliphatic rings. The first-order chi connectivity index (χ1) is 6.59. The van der Waals surface area contributed by atoms with Gasteiger partial charge in [-0.25, -0.2) is 4.39 Å². The lowest BCUT2D eigenvalue weighted by Crippen LogP contribution is -1.99. The van der Waals surface area contributed by atoms with E-state index in [1.807, 2.05) is 6.07 Å². The zero-order valence-electron chi connectivity index (χ0n) is 8.13. The van der Waals surface area contributed by atoms with Crippen molar-refractivity contribution in [2.45, 2.75) is 32.3 Å². The van der Waals surface area contributed by atoms with Gasteiger partial charge in [-0.05, 0) is 43.9 Å². The van der Waals surface area contributed by atoms with Gasteiger partial charge in [0, 0.05) is 0 Å². The molecule has 1 nitrogen and oxygen atoms in total. The van der Waals surface area contributed by atoms with Crippen LogP contribution in [0.4, 0.5) is 4.39 Å². The van der Waals surface area contributed by atoms with Crippen molar-refractivity contribution in [3.05, 3.63) is 34.6 Å². The largest absolute Gasteiger partial charge is 0.393 e. The van der Waals surface area contributed by atoms with Gasteiger partial charge in [-0.1, -0.05) is 17.7 Å². The molecule has 1 atom stereocenters. The van der Waals surface area contributed by atoms with Crippen molar-refractivity contribution in [3.63, 3.8) is 0 Å². The fourth-order valence-electron chi connectivity index (χ4n) is 1.30. The number of benzene rings is 1. The summed E-state index contributed by atoms with van der Waals surface area (Å²) in [6.45, 7) is 1.75. The molecular formula is C11H14ClFO. The summed E-state index contributed by atoms with van der Waals surface area (Å²) >= 11 is 5.55. The zero-order chi connectivity index (χ0) is 10.6. The maximum Gasteiger partial charge on any atom is 0.142 e. The van der Waals surface area contributed by atoms with Crippen LogP contribution in [-0.4, -0.2) is 11.2 Å². The van der Waals surface area contributed by atoms with Crippen molar-refractivity contribution in [1.82, 2.24) is 0 Å². The smallest absolute Gasteiger partial charge is 0.142 e. The van der Waals surface area contributed by atoms with Crippen LogP contribution in [-0.2, 0) is 6.42 Å². The summed E-state index contributed by atoms with van der Waals surface area (Å²) in [6, 6.07) is 4.83. The summed E-state index contributed by atoms with van der Waals surface area (Å²) in [4.78, 5) is 0. The van der Waals surface area contributed by atoms with Crippen LogP contribution in [0.1, 0.15) is 25.3 Å². The summed E-state index contributed by atoms with van der Waals surface area (Å²) in [5, 5.41) is 9.19. The highest BCUT2D eigenvalue weighted by molar-refractivity contribution is 6.30. The van der Waals surface area contributed by atoms with E-state index in [9.17, 15) is 4.39 Å². The average Bonchev–Trinajstić information content (AvgIpc) is 2.10. The molecule has 1 aromatic carbocycles. The van der Waals surface area contributed by atoms with Crippen LogP contribution in [0.25, 0.3) is 0 Å². The molecule has 0 aromatic heterocycles. The van der Waals surface area contributed by atoms with Crippen LogP contribution in [0.5, 0.6) is 0 Å². The number of aryl methyl sites for hydroxylation is 1. The fraction of sp³-hybridized carbons (Fsp3) is 0.455. The highest BCUT2D eigenvalue weighted by Crippen LogP contribution is 2.17. The molecule has 0 fully saturated rings. The number of hydrogen-bond donors (Lipinski definition) is 1. The molecule has 0 radical (unpaired) electrons. The lowest BCUT2D eigenvalue weighted by Gasteiger charge is -2.04. The summed E-state index contributed by atoms with van der Waals surface area (Å²) < 4.78 is 13.0. The molecule has 0 aliphatic carbocycles. The van der Waals surface area contributed by atoms with E-state index in [2.05, 4.69) is 0 Å². The Labute approximate surface area is 88.5 Å². The van der Waals surface area contributed by atoms with Gasteiger partial charge in [0.2, 0.25) is 0 Å². The molecule has 1 unspecified atom stereocenters. The molecule has 1 aromatic rings. The molecule has 0 aliphatic heterocycles. The van der Waals surface area contributed by atoms with E-state index in [0.717, 1.165) is 24.8 Å². The third-order valence-corrected chi connectivity index (χ3v) is 2.38. The zero-order valence-corrected chi connectivity index (χ0v) is 8.89. The third-order valence-electron chi connectivity index (χ3n) is 2.07. The van der Waals surface area contributed by atoms with Gasteiger partial charge in [0.05, 0.1) is 11.1 Å². The van der Waals surface area contributed by atoms with Gasteiger partial charge in [0.1, 0.15) is 5.82 Å². The van der Waals surface area contributed by atoms with Crippen molar-refractivity contribution >= 4 is 11.6 Å². The SMILES string of the molecule is CC(O)CCCc1ccc(Cl)c(F)c1. The van der Waals surface area contributed by atoms with Crippen LogP contribution in [0.2, 0.25) is 5.02 Å². The minimum Gasteiger partial charge on any atom is -0.393 e. The van der Waals surface area contributed by atoms with Crippen molar-refractivity contribution in [2.24, 2.45) is 0 Å². The summed E-state index contributed by atoms with van der Waals surface area (Å²) in [6.07, 6.45) is 2.09. The van der Waals surface area contributed by atoms with Gasteiger partial charge in [0.15, 0.2) is 0 Å². The Kier molecular flexibility index (Phi) is 4.36. The molecular weight excluding hydrogens is 203 g/mol. The fourth-order valence-corrected chi connectivity index (χ4v) is 1.41. The van der Waals surface area contributed by atoms with Crippen LogP contribution < -0.4 is 0 Å². The molecule has 1 N–H and O–H groups in total. The highest BCUT2D eigenvalue weighted by Gasteiger charge is 2.01. The number of hydrogen-bond acceptors (Lipinski definition) is 1. The van der Waals surface area contributed by atoms with Crippen LogP contribution in [0, 0.1) is 5.82 Å². The molecule has 78 valence electrons. The molecule has 1 rings (SSSR count). The summed E-state index contributed by atoms with van der Waals surface area (Å²) in [7, 11) is 0. The lowest BCUT2D eigenvalue weighted by atomic mass is 10.1. The Balaban J connectivity index is 2.47. The second-order valence-electron chi connectivity index (χ2n) is 3.49. The topological polar surface area (TPSA) is 20.2 Å². The molecule has 3 heteroatoms. The minimum atomic E-state index is -0.374. The number of rotatable bonds is 4. The monoisotopic (exact) mass is 216 g/mol. The van der Waals surface area contributed by atoms with E-state index < -0.39 is 0 Å². The molecule has 0 amide bonds. The standard InChI is InChI=1S/C11H14ClFO/c1-8(14)3-2-4-9-5-6-10(12)11(13)7-9/h5-8,14H,2-4H2,1H3. The predicted octanol–water partition coefficient (Wildman–Crippen LogP) is 3.18. The molecule has 0 spiro atoms. The van der Waals surface area contributed by atoms with E-state index in [-0.39, 0.29) is 16.9 Å². The lowest BCUT2D eigenvalue weighted by molar-refractivity contribution is 0.181. The van der Waals surface area contributed by atoms with E-state index >= 15 is 0 Å². The minimum absolute atomic E-state index is 0.157.